The molecule has 3 N–H and O–H groups in total. The Bertz CT molecular complexity index is 917. The fourth-order valence-corrected chi connectivity index (χ4v) is 4.40. The van der Waals surface area contributed by atoms with Gasteiger partial charge in [0.2, 0.25) is 0 Å². The van der Waals surface area contributed by atoms with Crippen molar-refractivity contribution >= 4 is 23.1 Å². The minimum Gasteiger partial charge on any atom is -0.349 e. The summed E-state index contributed by atoms with van der Waals surface area (Å²) in [5.41, 5.74) is 3.75. The standard InChI is InChI=1S/C25H29N3O2/c29-24(18-28-16-14-20(15-17-28)19-8-2-1-3-9-19)27-23-13-7-6-12-22(23)25(30)26-21-10-4-5-11-21/h1-3,6-9,12-14,21H,4-5,10-11,15-18H2,(H,26,30)(H,27,29)/p+1. The molecule has 2 amide bonds. The molecule has 1 atom stereocenters. The first-order chi connectivity index (χ1) is 14.7. The molecule has 1 unspecified atom stereocenters. The van der Waals surface area contributed by atoms with Crippen LogP contribution in [0.1, 0.15) is 48.0 Å². The van der Waals surface area contributed by atoms with Crippen LogP contribution >= 0.6 is 0 Å². The van der Waals surface area contributed by atoms with Crippen molar-refractivity contribution in [2.24, 2.45) is 0 Å². The second kappa shape index (κ2) is 9.72. The quantitative estimate of drug-likeness (QED) is 0.693. The molecule has 1 saturated carbocycles. The second-order valence-corrected chi connectivity index (χ2v) is 8.27. The molecule has 4 rings (SSSR count). The summed E-state index contributed by atoms with van der Waals surface area (Å²) in [5, 5.41) is 6.07. The lowest BCUT2D eigenvalue weighted by Crippen LogP contribution is -3.13. The number of carbonyl (C=O) groups is 2. The zero-order chi connectivity index (χ0) is 20.8. The summed E-state index contributed by atoms with van der Waals surface area (Å²) in [5.74, 6) is -0.152. The van der Waals surface area contributed by atoms with E-state index in [-0.39, 0.29) is 17.9 Å². The first-order valence-electron chi connectivity index (χ1n) is 11.0. The normalized spacial score (nSPS) is 19.2. The molecular weight excluding hydrogens is 374 g/mol. The molecule has 30 heavy (non-hydrogen) atoms. The van der Waals surface area contributed by atoms with E-state index in [9.17, 15) is 9.59 Å². The molecule has 2 aliphatic rings. The molecule has 0 saturated heterocycles. The highest BCUT2D eigenvalue weighted by Crippen LogP contribution is 2.20. The van der Waals surface area contributed by atoms with Crippen LogP contribution in [-0.2, 0) is 4.79 Å². The average molecular weight is 405 g/mol. The fourth-order valence-electron chi connectivity index (χ4n) is 4.40. The Morgan fingerprint density at radius 2 is 1.70 bits per heavy atom. The van der Waals surface area contributed by atoms with Gasteiger partial charge in [0.15, 0.2) is 6.54 Å². The van der Waals surface area contributed by atoms with Gasteiger partial charge in [-0.2, -0.15) is 0 Å². The average Bonchev–Trinajstić information content (AvgIpc) is 3.28. The van der Waals surface area contributed by atoms with Crippen molar-refractivity contribution in [3.63, 3.8) is 0 Å². The Balaban J connectivity index is 1.33. The molecule has 156 valence electrons. The van der Waals surface area contributed by atoms with E-state index in [4.69, 9.17) is 0 Å². The molecule has 1 heterocycles. The van der Waals surface area contributed by atoms with E-state index in [1.807, 2.05) is 18.2 Å². The highest BCUT2D eigenvalue weighted by Gasteiger charge is 2.22. The van der Waals surface area contributed by atoms with Crippen LogP contribution in [0.25, 0.3) is 5.57 Å². The number of hydrogen-bond donors (Lipinski definition) is 3. The van der Waals surface area contributed by atoms with E-state index in [1.165, 1.54) is 28.9 Å². The number of rotatable bonds is 6. The van der Waals surface area contributed by atoms with E-state index in [0.29, 0.717) is 17.8 Å². The number of hydrogen-bond acceptors (Lipinski definition) is 2. The van der Waals surface area contributed by atoms with E-state index < -0.39 is 0 Å². The number of benzene rings is 2. The molecule has 1 aliphatic carbocycles. The molecule has 2 aromatic carbocycles. The third-order valence-corrected chi connectivity index (χ3v) is 6.08. The van der Waals surface area contributed by atoms with Gasteiger partial charge in [-0.25, -0.2) is 0 Å². The smallest absolute Gasteiger partial charge is 0.279 e. The number of nitrogens with one attached hydrogen (secondary N) is 3. The minimum absolute atomic E-state index is 0.0531. The van der Waals surface area contributed by atoms with Gasteiger partial charge in [0.25, 0.3) is 11.8 Å². The highest BCUT2D eigenvalue weighted by molar-refractivity contribution is 6.04. The Morgan fingerprint density at radius 3 is 2.43 bits per heavy atom. The van der Waals surface area contributed by atoms with Crippen molar-refractivity contribution in [2.45, 2.75) is 38.1 Å². The van der Waals surface area contributed by atoms with Gasteiger partial charge in [0.05, 0.1) is 24.3 Å². The first-order valence-corrected chi connectivity index (χ1v) is 11.0. The van der Waals surface area contributed by atoms with Gasteiger partial charge in [-0.3, -0.25) is 9.59 Å². The summed E-state index contributed by atoms with van der Waals surface area (Å²) >= 11 is 0. The van der Waals surface area contributed by atoms with Crippen molar-refractivity contribution in [2.75, 3.05) is 25.0 Å². The molecule has 1 aliphatic heterocycles. The number of quaternary nitrogens is 1. The Kier molecular flexibility index (Phi) is 6.60. The van der Waals surface area contributed by atoms with Crippen LogP contribution in [0, 0.1) is 0 Å². The van der Waals surface area contributed by atoms with Crippen LogP contribution in [0.15, 0.2) is 60.7 Å². The summed E-state index contributed by atoms with van der Waals surface area (Å²) in [6.07, 6.45) is 7.62. The Morgan fingerprint density at radius 1 is 0.967 bits per heavy atom. The number of amides is 2. The molecule has 2 aromatic rings. The summed E-state index contributed by atoms with van der Waals surface area (Å²) < 4.78 is 0. The second-order valence-electron chi connectivity index (χ2n) is 8.27. The molecule has 5 heteroatoms. The van der Waals surface area contributed by atoms with Crippen molar-refractivity contribution in [3.05, 3.63) is 71.8 Å². The van der Waals surface area contributed by atoms with E-state index in [0.717, 1.165) is 32.4 Å². The Labute approximate surface area is 178 Å². The number of anilines is 1. The van der Waals surface area contributed by atoms with Gasteiger partial charge < -0.3 is 15.5 Å². The maximum atomic E-state index is 12.7. The van der Waals surface area contributed by atoms with Crippen LogP contribution in [-0.4, -0.2) is 37.5 Å². The summed E-state index contributed by atoms with van der Waals surface area (Å²) in [4.78, 5) is 26.6. The molecule has 5 nitrogen and oxygen atoms in total. The SMILES string of the molecule is O=C(C[NH+]1CC=C(c2ccccc2)CC1)Nc1ccccc1C(=O)NC1CCCC1. The van der Waals surface area contributed by atoms with Crippen LogP contribution in [0.5, 0.6) is 0 Å². The summed E-state index contributed by atoms with van der Waals surface area (Å²) in [7, 11) is 0. The summed E-state index contributed by atoms with van der Waals surface area (Å²) in [6, 6.07) is 17.9. The maximum Gasteiger partial charge on any atom is 0.279 e. The largest absolute Gasteiger partial charge is 0.349 e. The van der Waals surface area contributed by atoms with Crippen molar-refractivity contribution in [1.29, 1.82) is 0 Å². The Hall–Kier alpha value is -2.92. The molecule has 0 aromatic heterocycles. The zero-order valence-electron chi connectivity index (χ0n) is 17.3. The topological polar surface area (TPSA) is 62.6 Å². The summed E-state index contributed by atoms with van der Waals surface area (Å²) in [6.45, 7) is 2.16. The highest BCUT2D eigenvalue weighted by atomic mass is 16.2. The molecule has 0 radical (unpaired) electrons. The maximum absolute atomic E-state index is 12.7. The van der Waals surface area contributed by atoms with Crippen molar-refractivity contribution < 1.29 is 14.5 Å². The lowest BCUT2D eigenvalue weighted by molar-refractivity contribution is -0.886. The van der Waals surface area contributed by atoms with Crippen LogP contribution in [0.3, 0.4) is 0 Å². The third-order valence-electron chi connectivity index (χ3n) is 6.08. The molecule has 0 spiro atoms. The lowest BCUT2D eigenvalue weighted by atomic mass is 10.00. The third kappa shape index (κ3) is 5.16. The van der Waals surface area contributed by atoms with Gasteiger partial charge >= 0.3 is 0 Å². The monoisotopic (exact) mass is 404 g/mol. The number of para-hydroxylation sites is 1. The van der Waals surface area contributed by atoms with Gasteiger partial charge in [-0.15, -0.1) is 0 Å². The van der Waals surface area contributed by atoms with Crippen LogP contribution in [0.2, 0.25) is 0 Å². The fraction of sp³-hybridized carbons (Fsp3) is 0.360. The van der Waals surface area contributed by atoms with E-state index in [1.54, 1.807) is 12.1 Å². The lowest BCUT2D eigenvalue weighted by Gasteiger charge is -2.23. The van der Waals surface area contributed by atoms with Crippen molar-refractivity contribution in [1.82, 2.24) is 5.32 Å². The van der Waals surface area contributed by atoms with Gasteiger partial charge in [0, 0.05) is 12.5 Å². The van der Waals surface area contributed by atoms with Gasteiger partial charge in [-0.1, -0.05) is 55.3 Å². The minimum atomic E-state index is -0.0986. The number of carbonyl (C=O) groups excluding carboxylic acids is 2. The zero-order valence-corrected chi connectivity index (χ0v) is 17.3. The van der Waals surface area contributed by atoms with Gasteiger partial charge in [0.1, 0.15) is 0 Å². The predicted molar refractivity (Wildman–Crippen MR) is 119 cm³/mol. The molecule has 0 bridgehead atoms. The first kappa shape index (κ1) is 20.4. The van der Waals surface area contributed by atoms with Crippen LogP contribution in [0.4, 0.5) is 5.69 Å². The van der Waals surface area contributed by atoms with E-state index in [2.05, 4.69) is 41.0 Å². The predicted octanol–water partition coefficient (Wildman–Crippen LogP) is 2.67. The van der Waals surface area contributed by atoms with Crippen LogP contribution < -0.4 is 15.5 Å². The van der Waals surface area contributed by atoms with Crippen molar-refractivity contribution in [3.8, 4) is 0 Å². The van der Waals surface area contributed by atoms with E-state index >= 15 is 0 Å². The molecule has 1 fully saturated rings. The molecular formula is C25H30N3O2+. The van der Waals surface area contributed by atoms with Gasteiger partial charge in [-0.05, 0) is 42.2 Å².